The lowest BCUT2D eigenvalue weighted by Crippen LogP contribution is -2.30. The van der Waals surface area contributed by atoms with Crippen LogP contribution in [0.5, 0.6) is 0 Å². The molecule has 1 aromatic carbocycles. The normalized spacial score (nSPS) is 12.2. The molecule has 0 saturated heterocycles. The molecule has 0 spiro atoms. The maximum absolute atomic E-state index is 12.1. The maximum Gasteiger partial charge on any atom is 0.270 e. The van der Waals surface area contributed by atoms with Gasteiger partial charge in [-0.3, -0.25) is 10.6 Å². The van der Waals surface area contributed by atoms with Crippen LogP contribution >= 0.6 is 11.8 Å². The molecular weight excluding hydrogens is 272 g/mol. The SMILES string of the molecule is CSC(C)CNC(=O)c1cc(NN)c2ccccc2n1. The van der Waals surface area contributed by atoms with Crippen molar-refractivity contribution in [2.45, 2.75) is 12.2 Å². The first kappa shape index (κ1) is 14.6. The summed E-state index contributed by atoms with van der Waals surface area (Å²) in [5, 5.41) is 4.13. The highest BCUT2D eigenvalue weighted by molar-refractivity contribution is 7.99. The second-order valence-electron chi connectivity index (χ2n) is 4.47. The average molecular weight is 290 g/mol. The number of rotatable bonds is 5. The van der Waals surface area contributed by atoms with Crippen LogP contribution in [0.15, 0.2) is 30.3 Å². The lowest BCUT2D eigenvalue weighted by molar-refractivity contribution is 0.0949. The first-order chi connectivity index (χ1) is 9.65. The van der Waals surface area contributed by atoms with Gasteiger partial charge in [0.05, 0.1) is 11.2 Å². The van der Waals surface area contributed by atoms with Gasteiger partial charge in [0.15, 0.2) is 0 Å². The number of carbonyl (C=O) groups is 1. The van der Waals surface area contributed by atoms with Gasteiger partial charge in [0.1, 0.15) is 5.69 Å². The molecule has 1 heterocycles. The van der Waals surface area contributed by atoms with E-state index in [9.17, 15) is 4.79 Å². The third-order valence-corrected chi connectivity index (χ3v) is 4.03. The molecule has 1 amide bonds. The molecule has 2 aromatic rings. The number of nitrogen functional groups attached to an aromatic ring is 1. The quantitative estimate of drug-likeness (QED) is 0.580. The Kier molecular flexibility index (Phi) is 4.81. The minimum absolute atomic E-state index is 0.187. The molecule has 0 radical (unpaired) electrons. The Hall–Kier alpha value is -1.79. The van der Waals surface area contributed by atoms with Crippen molar-refractivity contribution in [3.05, 3.63) is 36.0 Å². The maximum atomic E-state index is 12.1. The van der Waals surface area contributed by atoms with Crippen molar-refractivity contribution >= 4 is 34.3 Å². The van der Waals surface area contributed by atoms with Gasteiger partial charge in [-0.2, -0.15) is 11.8 Å². The van der Waals surface area contributed by atoms with Gasteiger partial charge in [-0.25, -0.2) is 4.98 Å². The monoisotopic (exact) mass is 290 g/mol. The number of anilines is 1. The molecule has 0 bridgehead atoms. The van der Waals surface area contributed by atoms with Crippen molar-refractivity contribution < 1.29 is 4.79 Å². The summed E-state index contributed by atoms with van der Waals surface area (Å²) in [6.07, 6.45) is 2.02. The highest BCUT2D eigenvalue weighted by Gasteiger charge is 2.12. The molecule has 6 heteroatoms. The van der Waals surface area contributed by atoms with Crippen molar-refractivity contribution in [1.82, 2.24) is 10.3 Å². The average Bonchev–Trinajstić information content (AvgIpc) is 2.50. The van der Waals surface area contributed by atoms with Gasteiger partial charge in [0.2, 0.25) is 0 Å². The third kappa shape index (κ3) is 3.20. The van der Waals surface area contributed by atoms with Crippen LogP contribution in [0.4, 0.5) is 5.69 Å². The number of hydrogen-bond acceptors (Lipinski definition) is 5. The first-order valence-corrected chi connectivity index (χ1v) is 7.62. The summed E-state index contributed by atoms with van der Waals surface area (Å²) in [6, 6.07) is 9.23. The van der Waals surface area contributed by atoms with Crippen LogP contribution in [-0.2, 0) is 0 Å². The molecule has 2 rings (SSSR count). The molecule has 4 N–H and O–H groups in total. The fourth-order valence-corrected chi connectivity index (χ4v) is 2.07. The second-order valence-corrected chi connectivity index (χ2v) is 5.75. The standard InChI is InChI=1S/C14H18N4OS/c1-9(20-2)8-16-14(19)13-7-12(18-15)10-5-3-4-6-11(10)17-13/h3-7,9H,8,15H2,1-2H3,(H,16,19)(H,17,18). The summed E-state index contributed by atoms with van der Waals surface area (Å²) < 4.78 is 0. The molecule has 20 heavy (non-hydrogen) atoms. The molecule has 1 aromatic heterocycles. The zero-order valence-electron chi connectivity index (χ0n) is 11.5. The van der Waals surface area contributed by atoms with Gasteiger partial charge in [-0.15, -0.1) is 0 Å². The van der Waals surface area contributed by atoms with Gasteiger partial charge in [-0.1, -0.05) is 25.1 Å². The number of thioether (sulfide) groups is 1. The fourth-order valence-electron chi connectivity index (χ4n) is 1.82. The number of nitrogens with two attached hydrogens (primary N) is 1. The number of hydrogen-bond donors (Lipinski definition) is 3. The summed E-state index contributed by atoms with van der Waals surface area (Å²) >= 11 is 1.70. The van der Waals surface area contributed by atoms with E-state index in [4.69, 9.17) is 5.84 Å². The molecular formula is C14H18N4OS. The lowest BCUT2D eigenvalue weighted by atomic mass is 10.1. The van der Waals surface area contributed by atoms with Crippen molar-refractivity contribution in [1.29, 1.82) is 0 Å². The molecule has 1 atom stereocenters. The number of nitrogens with one attached hydrogen (secondary N) is 2. The number of amides is 1. The van der Waals surface area contributed by atoms with Crippen molar-refractivity contribution in [3.63, 3.8) is 0 Å². The largest absolute Gasteiger partial charge is 0.350 e. The fraction of sp³-hybridized carbons (Fsp3) is 0.286. The van der Waals surface area contributed by atoms with Gasteiger partial charge in [0, 0.05) is 17.2 Å². The predicted octanol–water partition coefficient (Wildman–Crippen LogP) is 2.00. The molecule has 5 nitrogen and oxygen atoms in total. The van der Waals surface area contributed by atoms with Gasteiger partial charge < -0.3 is 10.7 Å². The first-order valence-electron chi connectivity index (χ1n) is 6.33. The molecule has 0 aliphatic rings. The summed E-state index contributed by atoms with van der Waals surface area (Å²) in [5.74, 6) is 5.33. The highest BCUT2D eigenvalue weighted by atomic mass is 32.2. The van der Waals surface area contributed by atoms with Gasteiger partial charge in [0.25, 0.3) is 5.91 Å². The molecule has 0 fully saturated rings. The Labute approximate surface area is 122 Å². The lowest BCUT2D eigenvalue weighted by Gasteiger charge is -2.11. The van der Waals surface area contributed by atoms with E-state index in [1.165, 1.54) is 0 Å². The van der Waals surface area contributed by atoms with E-state index in [0.717, 1.165) is 10.9 Å². The van der Waals surface area contributed by atoms with Crippen LogP contribution < -0.4 is 16.6 Å². The van der Waals surface area contributed by atoms with Crippen molar-refractivity contribution in [2.24, 2.45) is 5.84 Å². The van der Waals surface area contributed by atoms with Gasteiger partial charge in [-0.05, 0) is 18.4 Å². The van der Waals surface area contributed by atoms with Crippen LogP contribution in [0, 0.1) is 0 Å². The number of nitrogens with zero attached hydrogens (tertiary/aromatic N) is 1. The third-order valence-electron chi connectivity index (χ3n) is 3.06. The van der Waals surface area contributed by atoms with E-state index in [1.807, 2.05) is 30.5 Å². The topological polar surface area (TPSA) is 80.0 Å². The number of carbonyl (C=O) groups excluding carboxylic acids is 1. The number of aromatic nitrogens is 1. The molecule has 1 unspecified atom stereocenters. The number of hydrazine groups is 1. The number of pyridine rings is 1. The summed E-state index contributed by atoms with van der Waals surface area (Å²) in [6.45, 7) is 2.67. The summed E-state index contributed by atoms with van der Waals surface area (Å²) in [4.78, 5) is 16.5. The van der Waals surface area contributed by atoms with Gasteiger partial charge >= 0.3 is 0 Å². The van der Waals surface area contributed by atoms with E-state index in [2.05, 4.69) is 22.7 Å². The zero-order valence-corrected chi connectivity index (χ0v) is 12.3. The number of fused-ring (bicyclic) bond motifs is 1. The molecule has 106 valence electrons. The highest BCUT2D eigenvalue weighted by Crippen LogP contribution is 2.22. The second kappa shape index (κ2) is 6.58. The van der Waals surface area contributed by atoms with E-state index in [-0.39, 0.29) is 5.91 Å². The Bertz CT molecular complexity index is 617. The zero-order chi connectivity index (χ0) is 14.5. The molecule has 0 saturated carbocycles. The van der Waals surface area contributed by atoms with E-state index in [1.54, 1.807) is 17.8 Å². The van der Waals surface area contributed by atoms with Crippen LogP contribution in [0.25, 0.3) is 10.9 Å². The Morgan fingerprint density at radius 2 is 2.20 bits per heavy atom. The minimum atomic E-state index is -0.187. The van der Waals surface area contributed by atoms with Crippen LogP contribution in [0.1, 0.15) is 17.4 Å². The summed E-state index contributed by atoms with van der Waals surface area (Å²) in [7, 11) is 0. The predicted molar refractivity (Wildman–Crippen MR) is 84.9 cm³/mol. The van der Waals surface area contributed by atoms with Crippen molar-refractivity contribution in [2.75, 3.05) is 18.2 Å². The van der Waals surface area contributed by atoms with Crippen LogP contribution in [0.3, 0.4) is 0 Å². The Balaban J connectivity index is 2.28. The number of para-hydroxylation sites is 1. The number of benzene rings is 1. The molecule has 0 aliphatic heterocycles. The summed E-state index contributed by atoms with van der Waals surface area (Å²) in [5.41, 5.74) is 4.42. The van der Waals surface area contributed by atoms with E-state index >= 15 is 0 Å². The smallest absolute Gasteiger partial charge is 0.270 e. The van der Waals surface area contributed by atoms with Crippen LogP contribution in [-0.4, -0.2) is 28.9 Å². The van der Waals surface area contributed by atoms with E-state index in [0.29, 0.717) is 23.2 Å². The van der Waals surface area contributed by atoms with E-state index < -0.39 is 0 Å². The Morgan fingerprint density at radius 3 is 2.90 bits per heavy atom. The van der Waals surface area contributed by atoms with Crippen LogP contribution in [0.2, 0.25) is 0 Å². The Morgan fingerprint density at radius 1 is 1.45 bits per heavy atom. The molecule has 0 aliphatic carbocycles. The minimum Gasteiger partial charge on any atom is -0.350 e. The van der Waals surface area contributed by atoms with Crippen molar-refractivity contribution in [3.8, 4) is 0 Å².